The molecule has 1 aromatic heterocycles. The first kappa shape index (κ1) is 16.2. The van der Waals surface area contributed by atoms with Gasteiger partial charge in [-0.1, -0.05) is 0 Å². The van der Waals surface area contributed by atoms with Gasteiger partial charge in [0.1, 0.15) is 0 Å². The molecule has 118 valence electrons. The number of esters is 1. The van der Waals surface area contributed by atoms with Gasteiger partial charge in [0, 0.05) is 23.6 Å². The van der Waals surface area contributed by atoms with Crippen LogP contribution in [0.25, 0.3) is 0 Å². The SMILES string of the molecule is CCOC(=O)C1=C(CSc2cccc[n+]2[O-])NC(=O)NC1C. The molecule has 1 aliphatic rings. The lowest BCUT2D eigenvalue weighted by molar-refractivity contribution is -0.645. The van der Waals surface area contributed by atoms with E-state index in [2.05, 4.69) is 10.6 Å². The van der Waals surface area contributed by atoms with Crippen molar-refractivity contribution in [2.24, 2.45) is 0 Å². The van der Waals surface area contributed by atoms with Crippen molar-refractivity contribution in [3.8, 4) is 0 Å². The number of aromatic nitrogens is 1. The van der Waals surface area contributed by atoms with Crippen LogP contribution in [0, 0.1) is 5.21 Å². The van der Waals surface area contributed by atoms with Crippen LogP contribution >= 0.6 is 11.8 Å². The Morgan fingerprint density at radius 1 is 1.50 bits per heavy atom. The lowest BCUT2D eigenvalue weighted by Crippen LogP contribution is -2.49. The van der Waals surface area contributed by atoms with Crippen molar-refractivity contribution in [1.29, 1.82) is 0 Å². The second-order valence-corrected chi connectivity index (χ2v) is 5.58. The van der Waals surface area contributed by atoms with Crippen LogP contribution in [0.5, 0.6) is 0 Å². The lowest BCUT2D eigenvalue weighted by atomic mass is 10.1. The summed E-state index contributed by atoms with van der Waals surface area (Å²) in [6, 6.07) is 4.24. The molecule has 2 N–H and O–H groups in total. The van der Waals surface area contributed by atoms with Crippen molar-refractivity contribution in [1.82, 2.24) is 10.6 Å². The molecule has 0 fully saturated rings. The number of urea groups is 1. The molecule has 0 aromatic carbocycles. The van der Waals surface area contributed by atoms with E-state index in [0.29, 0.717) is 16.3 Å². The summed E-state index contributed by atoms with van der Waals surface area (Å²) in [5.41, 5.74) is 0.839. The third-order valence-electron chi connectivity index (χ3n) is 3.02. The summed E-state index contributed by atoms with van der Waals surface area (Å²) in [7, 11) is 0. The van der Waals surface area contributed by atoms with Crippen molar-refractivity contribution in [3.63, 3.8) is 0 Å². The summed E-state index contributed by atoms with van der Waals surface area (Å²) in [6.07, 6.45) is 1.40. The number of ether oxygens (including phenoxy) is 1. The zero-order valence-electron chi connectivity index (χ0n) is 12.3. The molecule has 0 saturated heterocycles. The quantitative estimate of drug-likeness (QED) is 0.364. The van der Waals surface area contributed by atoms with Crippen molar-refractivity contribution in [2.45, 2.75) is 24.9 Å². The predicted octanol–water partition coefficient (Wildman–Crippen LogP) is 0.931. The number of carbonyl (C=O) groups excluding carboxylic acids is 2. The third kappa shape index (κ3) is 3.70. The smallest absolute Gasteiger partial charge is 0.337 e. The van der Waals surface area contributed by atoms with Crippen LogP contribution in [-0.2, 0) is 9.53 Å². The number of nitrogens with zero attached hydrogens (tertiary/aromatic N) is 1. The molecular weight excluding hydrogens is 306 g/mol. The first-order valence-corrected chi connectivity index (χ1v) is 7.80. The predicted molar refractivity (Wildman–Crippen MR) is 80.9 cm³/mol. The van der Waals surface area contributed by atoms with Gasteiger partial charge in [-0.25, -0.2) is 9.59 Å². The number of thioether (sulfide) groups is 1. The highest BCUT2D eigenvalue weighted by atomic mass is 32.2. The molecule has 0 saturated carbocycles. The molecule has 1 atom stereocenters. The van der Waals surface area contributed by atoms with Gasteiger partial charge in [-0.15, -0.1) is 0 Å². The van der Waals surface area contributed by atoms with Gasteiger partial charge in [-0.05, 0) is 31.7 Å². The first-order valence-electron chi connectivity index (χ1n) is 6.81. The molecule has 1 aromatic rings. The molecule has 2 rings (SSSR count). The molecule has 1 unspecified atom stereocenters. The van der Waals surface area contributed by atoms with Crippen LogP contribution in [0.3, 0.4) is 0 Å². The van der Waals surface area contributed by atoms with Gasteiger partial charge < -0.3 is 20.6 Å². The van der Waals surface area contributed by atoms with Crippen molar-refractivity contribution >= 4 is 23.8 Å². The number of hydrogen-bond donors (Lipinski definition) is 2. The van der Waals surface area contributed by atoms with E-state index in [1.165, 1.54) is 18.0 Å². The number of pyridine rings is 1. The average molecular weight is 323 g/mol. The molecule has 0 bridgehead atoms. The standard InChI is InChI=1S/C14H17N3O4S/c1-3-21-13(18)12-9(2)15-14(19)16-10(12)8-22-11-6-4-5-7-17(11)20/h4-7,9H,3,8H2,1-2H3,(H2,15,16,19). The molecule has 22 heavy (non-hydrogen) atoms. The van der Waals surface area contributed by atoms with Gasteiger partial charge in [0.05, 0.1) is 18.2 Å². The highest BCUT2D eigenvalue weighted by Gasteiger charge is 2.29. The fraction of sp³-hybridized carbons (Fsp3) is 0.357. The largest absolute Gasteiger partial charge is 0.618 e. The molecule has 2 amide bonds. The second kappa shape index (κ2) is 7.17. The summed E-state index contributed by atoms with van der Waals surface area (Å²) in [5, 5.41) is 17.4. The Kier molecular flexibility index (Phi) is 5.26. The Labute approximate surface area is 132 Å². The normalized spacial score (nSPS) is 17.7. The van der Waals surface area contributed by atoms with Crippen LogP contribution < -0.4 is 15.4 Å². The third-order valence-corrected chi connectivity index (χ3v) is 4.06. The summed E-state index contributed by atoms with van der Waals surface area (Å²) in [4.78, 5) is 23.7. The molecule has 0 aliphatic carbocycles. The minimum absolute atomic E-state index is 0.253. The molecule has 8 heteroatoms. The Balaban J connectivity index is 2.22. The van der Waals surface area contributed by atoms with E-state index in [0.717, 1.165) is 4.73 Å². The van der Waals surface area contributed by atoms with E-state index in [-0.39, 0.29) is 18.4 Å². The molecule has 7 nitrogen and oxygen atoms in total. The van der Waals surface area contributed by atoms with Gasteiger partial charge in [-0.3, -0.25) is 0 Å². The van der Waals surface area contributed by atoms with E-state index in [9.17, 15) is 14.8 Å². The van der Waals surface area contributed by atoms with E-state index < -0.39 is 12.0 Å². The first-order chi connectivity index (χ1) is 10.5. The summed E-state index contributed by atoms with van der Waals surface area (Å²) >= 11 is 1.24. The van der Waals surface area contributed by atoms with Crippen LogP contribution in [0.1, 0.15) is 13.8 Å². The fourth-order valence-corrected chi connectivity index (χ4v) is 2.95. The monoisotopic (exact) mass is 323 g/mol. The van der Waals surface area contributed by atoms with E-state index >= 15 is 0 Å². The van der Waals surface area contributed by atoms with Gasteiger partial charge in [0.15, 0.2) is 6.20 Å². The van der Waals surface area contributed by atoms with Gasteiger partial charge in [-0.2, -0.15) is 4.73 Å². The van der Waals surface area contributed by atoms with Crippen LogP contribution in [-0.4, -0.2) is 30.4 Å². The molecular formula is C14H17N3O4S. The summed E-state index contributed by atoms with van der Waals surface area (Å²) < 4.78 is 5.77. The minimum atomic E-state index is -0.471. The summed E-state index contributed by atoms with van der Waals surface area (Å²) in [5.74, 6) is -0.181. The average Bonchev–Trinajstić information content (AvgIpc) is 2.46. The second-order valence-electron chi connectivity index (χ2n) is 4.59. The topological polar surface area (TPSA) is 94.4 Å². The highest BCUT2D eigenvalue weighted by molar-refractivity contribution is 7.99. The van der Waals surface area contributed by atoms with Crippen molar-refractivity contribution in [3.05, 3.63) is 40.9 Å². The minimum Gasteiger partial charge on any atom is -0.618 e. The Morgan fingerprint density at radius 2 is 2.27 bits per heavy atom. The van der Waals surface area contributed by atoms with E-state index in [1.807, 2.05) is 0 Å². The zero-order valence-corrected chi connectivity index (χ0v) is 13.1. The maximum absolute atomic E-state index is 12.1. The Hall–Kier alpha value is -2.22. The lowest BCUT2D eigenvalue weighted by Gasteiger charge is -2.26. The van der Waals surface area contributed by atoms with Crippen LogP contribution in [0.2, 0.25) is 0 Å². The van der Waals surface area contributed by atoms with Gasteiger partial charge in [0.25, 0.3) is 5.03 Å². The number of rotatable bonds is 5. The maximum atomic E-state index is 12.1. The number of amides is 2. The number of nitrogens with one attached hydrogen (secondary N) is 2. The number of hydrogen-bond acceptors (Lipinski definition) is 5. The van der Waals surface area contributed by atoms with Crippen LogP contribution in [0.4, 0.5) is 4.79 Å². The number of carbonyl (C=O) groups is 2. The maximum Gasteiger partial charge on any atom is 0.337 e. The zero-order chi connectivity index (χ0) is 16.1. The Bertz CT molecular complexity index is 618. The molecule has 0 spiro atoms. The molecule has 1 aliphatic heterocycles. The van der Waals surface area contributed by atoms with Gasteiger partial charge >= 0.3 is 12.0 Å². The molecule has 0 radical (unpaired) electrons. The fourth-order valence-electron chi connectivity index (χ4n) is 2.06. The van der Waals surface area contributed by atoms with E-state index in [1.54, 1.807) is 32.0 Å². The highest BCUT2D eigenvalue weighted by Crippen LogP contribution is 2.21. The Morgan fingerprint density at radius 3 is 2.95 bits per heavy atom. The van der Waals surface area contributed by atoms with Crippen LogP contribution in [0.15, 0.2) is 40.7 Å². The molecule has 2 heterocycles. The van der Waals surface area contributed by atoms with Crippen molar-refractivity contribution < 1.29 is 19.1 Å². The summed E-state index contributed by atoms with van der Waals surface area (Å²) in [6.45, 7) is 3.69. The van der Waals surface area contributed by atoms with Gasteiger partial charge in [0.2, 0.25) is 0 Å². The van der Waals surface area contributed by atoms with E-state index in [4.69, 9.17) is 4.74 Å². The van der Waals surface area contributed by atoms with Crippen molar-refractivity contribution in [2.75, 3.05) is 12.4 Å².